The van der Waals surface area contributed by atoms with Crippen molar-refractivity contribution in [2.45, 2.75) is 63.6 Å². The topological polar surface area (TPSA) is 35.2 Å². The molecule has 1 aliphatic rings. The molecule has 19 heavy (non-hydrogen) atoms. The van der Waals surface area contributed by atoms with Crippen LogP contribution in [-0.4, -0.2) is 17.7 Å². The first kappa shape index (κ1) is 14.5. The van der Waals surface area contributed by atoms with E-state index in [2.05, 4.69) is 58.0 Å². The van der Waals surface area contributed by atoms with Gasteiger partial charge in [0.15, 0.2) is 0 Å². The maximum absolute atomic E-state index is 6.24. The molecule has 0 amide bonds. The van der Waals surface area contributed by atoms with Crippen LogP contribution in [-0.2, 0) is 10.2 Å². The molecule has 0 unspecified atom stereocenters. The number of hydrogen-bond acceptors (Lipinski definition) is 2. The Bertz CT molecular complexity index is 406. The normalized spacial score (nSPS) is 24.1. The Labute approximate surface area is 117 Å². The van der Waals surface area contributed by atoms with E-state index >= 15 is 0 Å². The van der Waals surface area contributed by atoms with E-state index in [4.69, 9.17) is 10.5 Å². The molecule has 2 nitrogen and oxygen atoms in total. The summed E-state index contributed by atoms with van der Waals surface area (Å²) in [6.07, 6.45) is 3.09. The lowest BCUT2D eigenvalue weighted by Crippen LogP contribution is -2.53. The average molecular weight is 261 g/mol. The Hall–Kier alpha value is -0.860. The van der Waals surface area contributed by atoms with Crippen LogP contribution in [0.25, 0.3) is 0 Å². The van der Waals surface area contributed by atoms with Crippen molar-refractivity contribution in [1.82, 2.24) is 0 Å². The SMILES string of the molecule is CC1(C)CC(CCN)(c2ccccc2)CC(C)(C)O1. The smallest absolute Gasteiger partial charge is 0.0642 e. The predicted molar refractivity (Wildman–Crippen MR) is 80.3 cm³/mol. The van der Waals surface area contributed by atoms with Gasteiger partial charge in [0.05, 0.1) is 11.2 Å². The van der Waals surface area contributed by atoms with Crippen molar-refractivity contribution in [3.05, 3.63) is 35.9 Å². The molecule has 1 saturated heterocycles. The van der Waals surface area contributed by atoms with Gasteiger partial charge in [0.25, 0.3) is 0 Å². The Morgan fingerprint density at radius 3 is 2.00 bits per heavy atom. The van der Waals surface area contributed by atoms with Gasteiger partial charge in [0.2, 0.25) is 0 Å². The summed E-state index contributed by atoms with van der Waals surface area (Å²) in [7, 11) is 0. The maximum Gasteiger partial charge on any atom is 0.0642 e. The van der Waals surface area contributed by atoms with Crippen LogP contribution in [0.3, 0.4) is 0 Å². The Morgan fingerprint density at radius 1 is 1.00 bits per heavy atom. The maximum atomic E-state index is 6.24. The number of ether oxygens (including phenoxy) is 1. The van der Waals surface area contributed by atoms with Crippen molar-refractivity contribution in [1.29, 1.82) is 0 Å². The molecule has 1 aromatic carbocycles. The van der Waals surface area contributed by atoms with Crippen molar-refractivity contribution >= 4 is 0 Å². The van der Waals surface area contributed by atoms with Crippen LogP contribution in [0, 0.1) is 0 Å². The molecule has 1 heterocycles. The van der Waals surface area contributed by atoms with E-state index in [1.54, 1.807) is 0 Å². The average Bonchev–Trinajstić information content (AvgIpc) is 2.26. The van der Waals surface area contributed by atoms with Crippen LogP contribution < -0.4 is 5.73 Å². The number of rotatable bonds is 3. The quantitative estimate of drug-likeness (QED) is 0.901. The largest absolute Gasteiger partial charge is 0.370 e. The second kappa shape index (κ2) is 4.92. The third kappa shape index (κ3) is 3.18. The Morgan fingerprint density at radius 2 is 1.53 bits per heavy atom. The second-order valence-corrected chi connectivity index (χ2v) is 7.16. The van der Waals surface area contributed by atoms with Crippen LogP contribution in [0.4, 0.5) is 0 Å². The number of nitrogens with two attached hydrogens (primary N) is 1. The molecule has 0 saturated carbocycles. The zero-order valence-electron chi connectivity index (χ0n) is 12.7. The highest BCUT2D eigenvalue weighted by molar-refractivity contribution is 5.28. The van der Waals surface area contributed by atoms with Gasteiger partial charge < -0.3 is 10.5 Å². The molecule has 2 heteroatoms. The van der Waals surface area contributed by atoms with E-state index in [1.165, 1.54) is 5.56 Å². The molecule has 0 spiro atoms. The standard InChI is InChI=1S/C17H27NO/c1-15(2)12-17(10-11-18,13-16(3,4)19-15)14-8-6-5-7-9-14/h5-9H,10-13,18H2,1-4H3. The first-order chi connectivity index (χ1) is 8.79. The van der Waals surface area contributed by atoms with Gasteiger partial charge in [-0.15, -0.1) is 0 Å². The molecule has 0 radical (unpaired) electrons. The first-order valence-electron chi connectivity index (χ1n) is 7.24. The van der Waals surface area contributed by atoms with Crippen molar-refractivity contribution in [2.24, 2.45) is 5.73 Å². The van der Waals surface area contributed by atoms with Crippen molar-refractivity contribution in [2.75, 3.05) is 6.54 Å². The Balaban J connectivity index is 2.44. The zero-order valence-corrected chi connectivity index (χ0v) is 12.7. The van der Waals surface area contributed by atoms with Crippen molar-refractivity contribution in [3.63, 3.8) is 0 Å². The molecule has 1 fully saturated rings. The number of benzene rings is 1. The summed E-state index contributed by atoms with van der Waals surface area (Å²) in [6, 6.07) is 10.8. The van der Waals surface area contributed by atoms with Gasteiger partial charge in [0.1, 0.15) is 0 Å². The van der Waals surface area contributed by atoms with Gasteiger partial charge in [-0.25, -0.2) is 0 Å². The fraction of sp³-hybridized carbons (Fsp3) is 0.647. The predicted octanol–water partition coefficient (Wildman–Crippen LogP) is 3.64. The van der Waals surface area contributed by atoms with Crippen LogP contribution in [0.5, 0.6) is 0 Å². The van der Waals surface area contributed by atoms with Gasteiger partial charge in [-0.2, -0.15) is 0 Å². The molecule has 0 aliphatic carbocycles. The highest BCUT2D eigenvalue weighted by atomic mass is 16.5. The van der Waals surface area contributed by atoms with Gasteiger partial charge in [-0.05, 0) is 59.1 Å². The molecule has 1 aliphatic heterocycles. The summed E-state index contributed by atoms with van der Waals surface area (Å²) in [5.41, 5.74) is 7.26. The van der Waals surface area contributed by atoms with E-state index in [-0.39, 0.29) is 16.6 Å². The summed E-state index contributed by atoms with van der Waals surface area (Å²) in [5.74, 6) is 0. The molecular weight excluding hydrogens is 234 g/mol. The lowest BCUT2D eigenvalue weighted by Gasteiger charge is -2.52. The molecule has 1 aromatic rings. The minimum atomic E-state index is -0.104. The van der Waals surface area contributed by atoms with Gasteiger partial charge in [0, 0.05) is 5.41 Å². The highest BCUT2D eigenvalue weighted by Gasteiger charge is 2.48. The summed E-state index contributed by atoms with van der Waals surface area (Å²) in [6.45, 7) is 9.51. The molecule has 0 bridgehead atoms. The van der Waals surface area contributed by atoms with Crippen molar-refractivity contribution < 1.29 is 4.74 Å². The third-order valence-electron chi connectivity index (χ3n) is 4.09. The van der Waals surface area contributed by atoms with Gasteiger partial charge in [-0.3, -0.25) is 0 Å². The second-order valence-electron chi connectivity index (χ2n) is 7.16. The molecule has 0 atom stereocenters. The van der Waals surface area contributed by atoms with E-state index in [1.807, 2.05) is 0 Å². The van der Waals surface area contributed by atoms with Crippen LogP contribution in [0.2, 0.25) is 0 Å². The fourth-order valence-electron chi connectivity index (χ4n) is 4.11. The molecule has 106 valence electrons. The monoisotopic (exact) mass is 261 g/mol. The molecular formula is C17H27NO. The van der Waals surface area contributed by atoms with Gasteiger partial charge >= 0.3 is 0 Å². The minimum absolute atomic E-state index is 0.104. The van der Waals surface area contributed by atoms with Gasteiger partial charge in [-0.1, -0.05) is 30.3 Å². The van der Waals surface area contributed by atoms with E-state index in [0.717, 1.165) is 25.8 Å². The summed E-state index contributed by atoms with van der Waals surface area (Å²) >= 11 is 0. The van der Waals surface area contributed by atoms with Crippen LogP contribution in [0.15, 0.2) is 30.3 Å². The van der Waals surface area contributed by atoms with Crippen LogP contribution in [0.1, 0.15) is 52.5 Å². The van der Waals surface area contributed by atoms with E-state index in [9.17, 15) is 0 Å². The fourth-order valence-corrected chi connectivity index (χ4v) is 4.11. The van der Waals surface area contributed by atoms with E-state index < -0.39 is 0 Å². The summed E-state index contributed by atoms with van der Waals surface area (Å²) in [4.78, 5) is 0. The Kier molecular flexibility index (Phi) is 3.76. The molecule has 0 aromatic heterocycles. The highest BCUT2D eigenvalue weighted by Crippen LogP contribution is 2.49. The first-order valence-corrected chi connectivity index (χ1v) is 7.24. The van der Waals surface area contributed by atoms with Crippen LogP contribution >= 0.6 is 0 Å². The lowest BCUT2D eigenvalue weighted by molar-refractivity contribution is -0.180. The lowest BCUT2D eigenvalue weighted by atomic mass is 9.63. The molecule has 2 rings (SSSR count). The van der Waals surface area contributed by atoms with E-state index in [0.29, 0.717) is 0 Å². The third-order valence-corrected chi connectivity index (χ3v) is 4.09. The number of hydrogen-bond donors (Lipinski definition) is 1. The van der Waals surface area contributed by atoms with Crippen molar-refractivity contribution in [3.8, 4) is 0 Å². The zero-order chi connectivity index (χ0) is 14.1. The summed E-state index contributed by atoms with van der Waals surface area (Å²) < 4.78 is 6.24. The molecule has 2 N–H and O–H groups in total. The summed E-state index contributed by atoms with van der Waals surface area (Å²) in [5, 5.41) is 0. The minimum Gasteiger partial charge on any atom is -0.370 e.